The average Bonchev–Trinajstić information content (AvgIpc) is 3.19. The molecule has 16 heavy (non-hydrogen) atoms. The van der Waals surface area contributed by atoms with E-state index in [2.05, 4.69) is 14.7 Å². The van der Waals surface area contributed by atoms with Crippen molar-refractivity contribution in [1.82, 2.24) is 0 Å². The van der Waals surface area contributed by atoms with Crippen molar-refractivity contribution in [1.29, 1.82) is 0 Å². The molecule has 1 aromatic rings. The molecule has 1 atom stereocenters. The standard InChI is InChI=1S/C10H11ClO2.CHNO/c1-13-10(12)9(7-11)8-5-3-2-4-6-8;1-2-3-1/h2-6,9H,7H2,1H3;1H. The van der Waals surface area contributed by atoms with Gasteiger partial charge in [0.2, 0.25) is 6.40 Å². The smallest absolute Gasteiger partial charge is 0.314 e. The Bertz CT molecular complexity index is 350. The summed E-state index contributed by atoms with van der Waals surface area (Å²) in [5.74, 6) is -0.398. The van der Waals surface area contributed by atoms with E-state index in [0.717, 1.165) is 5.56 Å². The summed E-state index contributed by atoms with van der Waals surface area (Å²) in [4.78, 5) is 15.2. The van der Waals surface area contributed by atoms with Gasteiger partial charge in [0.15, 0.2) is 0 Å². The minimum atomic E-state index is -0.354. The van der Waals surface area contributed by atoms with Crippen LogP contribution in [0.4, 0.5) is 0 Å². The van der Waals surface area contributed by atoms with Crippen molar-refractivity contribution in [3.05, 3.63) is 35.9 Å². The quantitative estimate of drug-likeness (QED) is 0.602. The second kappa shape index (κ2) is 6.85. The molecule has 86 valence electrons. The fourth-order valence-corrected chi connectivity index (χ4v) is 1.42. The predicted octanol–water partition coefficient (Wildman–Crippen LogP) is 2.14. The summed E-state index contributed by atoms with van der Waals surface area (Å²) >= 11 is 5.67. The Morgan fingerprint density at radius 2 is 2.06 bits per heavy atom. The molecule has 0 aromatic heterocycles. The van der Waals surface area contributed by atoms with Crippen molar-refractivity contribution in [3.8, 4) is 0 Å². The zero-order chi connectivity index (χ0) is 11.8. The monoisotopic (exact) mass is 241 g/mol. The summed E-state index contributed by atoms with van der Waals surface area (Å²) < 4.78 is 4.63. The number of hydrogen-bond acceptors (Lipinski definition) is 4. The first-order valence-corrected chi connectivity index (χ1v) is 5.19. The van der Waals surface area contributed by atoms with Crippen LogP contribution in [-0.4, -0.2) is 25.4 Å². The largest absolute Gasteiger partial charge is 0.469 e. The van der Waals surface area contributed by atoms with Gasteiger partial charge in [0.25, 0.3) is 0 Å². The van der Waals surface area contributed by atoms with Crippen molar-refractivity contribution in [2.75, 3.05) is 13.0 Å². The molecule has 5 heteroatoms. The maximum atomic E-state index is 11.2. The van der Waals surface area contributed by atoms with Gasteiger partial charge in [0, 0.05) is 5.88 Å². The summed E-state index contributed by atoms with van der Waals surface area (Å²) in [6.07, 6.45) is 1.38. The van der Waals surface area contributed by atoms with Crippen LogP contribution >= 0.6 is 11.6 Å². The third kappa shape index (κ3) is 4.31. The molecule has 0 spiro atoms. The van der Waals surface area contributed by atoms with Gasteiger partial charge >= 0.3 is 5.97 Å². The molecule has 4 nitrogen and oxygen atoms in total. The third-order valence-corrected chi connectivity index (χ3v) is 2.26. The molecule has 0 saturated carbocycles. The maximum Gasteiger partial charge on any atom is 0.314 e. The summed E-state index contributed by atoms with van der Waals surface area (Å²) in [6.45, 7) is 0. The van der Waals surface area contributed by atoms with Crippen molar-refractivity contribution < 1.29 is 14.4 Å². The predicted molar refractivity (Wildman–Crippen MR) is 61.5 cm³/mol. The van der Waals surface area contributed by atoms with Gasteiger partial charge < -0.3 is 9.57 Å². The molecule has 0 N–H and O–H groups in total. The number of carbonyl (C=O) groups excluding carboxylic acids is 1. The van der Waals surface area contributed by atoms with Gasteiger partial charge in [-0.05, 0) is 10.7 Å². The number of rotatable bonds is 3. The Morgan fingerprint density at radius 1 is 1.50 bits per heavy atom. The molecular weight excluding hydrogens is 230 g/mol. The normalized spacial score (nSPS) is 12.9. The Morgan fingerprint density at radius 3 is 2.44 bits per heavy atom. The summed E-state index contributed by atoms with van der Waals surface area (Å²) in [7, 11) is 1.37. The molecule has 1 heterocycles. The first kappa shape index (κ1) is 12.5. The van der Waals surface area contributed by atoms with Crippen LogP contribution in [0.25, 0.3) is 0 Å². The minimum Gasteiger partial charge on any atom is -0.469 e. The Labute approximate surface area is 98.8 Å². The van der Waals surface area contributed by atoms with Gasteiger partial charge in [0.1, 0.15) is 0 Å². The van der Waals surface area contributed by atoms with E-state index in [1.54, 1.807) is 0 Å². The van der Waals surface area contributed by atoms with Gasteiger partial charge in [-0.25, -0.2) is 0 Å². The highest BCUT2D eigenvalue weighted by molar-refractivity contribution is 6.19. The van der Waals surface area contributed by atoms with E-state index in [9.17, 15) is 4.79 Å². The van der Waals surface area contributed by atoms with E-state index in [1.807, 2.05) is 30.3 Å². The van der Waals surface area contributed by atoms with Gasteiger partial charge in [-0.1, -0.05) is 30.3 Å². The summed E-state index contributed by atoms with van der Waals surface area (Å²) in [5, 5.41) is 3.12. The number of ether oxygens (including phenoxy) is 1. The van der Waals surface area contributed by atoms with Gasteiger partial charge in [-0.15, -0.1) is 11.6 Å². The fourth-order valence-electron chi connectivity index (χ4n) is 1.12. The Hall–Kier alpha value is -1.55. The van der Waals surface area contributed by atoms with E-state index < -0.39 is 0 Å². The average molecular weight is 242 g/mol. The van der Waals surface area contributed by atoms with Crippen LogP contribution in [0, 0.1) is 0 Å². The molecule has 0 radical (unpaired) electrons. The SMILES string of the molecule is C1=NO1.COC(=O)C(CCl)c1ccccc1. The van der Waals surface area contributed by atoms with Crippen molar-refractivity contribution in [2.24, 2.45) is 5.16 Å². The number of oxime groups is 1. The van der Waals surface area contributed by atoms with E-state index in [4.69, 9.17) is 11.6 Å². The number of alkyl halides is 1. The molecule has 0 saturated heterocycles. The van der Waals surface area contributed by atoms with E-state index in [-0.39, 0.29) is 17.8 Å². The van der Waals surface area contributed by atoms with Crippen LogP contribution in [0.2, 0.25) is 0 Å². The molecule has 1 aliphatic heterocycles. The van der Waals surface area contributed by atoms with Crippen LogP contribution in [0.3, 0.4) is 0 Å². The zero-order valence-electron chi connectivity index (χ0n) is 8.80. The number of carbonyl (C=O) groups is 1. The van der Waals surface area contributed by atoms with E-state index in [0.29, 0.717) is 0 Å². The molecule has 2 rings (SSSR count). The lowest BCUT2D eigenvalue weighted by molar-refractivity contribution is -0.141. The van der Waals surface area contributed by atoms with Gasteiger partial charge in [0.05, 0.1) is 13.0 Å². The number of esters is 1. The highest BCUT2D eigenvalue weighted by Crippen LogP contribution is 2.18. The second-order valence-corrected chi connectivity index (χ2v) is 3.27. The molecular formula is C11H12ClNO3. The number of hydrogen-bond donors (Lipinski definition) is 0. The van der Waals surface area contributed by atoms with E-state index >= 15 is 0 Å². The molecule has 0 fully saturated rings. The fraction of sp³-hybridized carbons (Fsp3) is 0.273. The maximum absolute atomic E-state index is 11.2. The molecule has 0 aliphatic carbocycles. The zero-order valence-corrected chi connectivity index (χ0v) is 9.55. The van der Waals surface area contributed by atoms with E-state index in [1.165, 1.54) is 13.5 Å². The third-order valence-electron chi connectivity index (χ3n) is 1.95. The van der Waals surface area contributed by atoms with Crippen molar-refractivity contribution in [3.63, 3.8) is 0 Å². The van der Waals surface area contributed by atoms with Crippen LogP contribution in [0.1, 0.15) is 11.5 Å². The van der Waals surface area contributed by atoms with Crippen LogP contribution in [-0.2, 0) is 14.4 Å². The molecule has 1 aliphatic rings. The first-order chi connectivity index (χ1) is 7.79. The molecule has 0 amide bonds. The summed E-state index contributed by atoms with van der Waals surface area (Å²) in [5.41, 5.74) is 0.893. The number of methoxy groups -OCH3 is 1. The van der Waals surface area contributed by atoms with Crippen LogP contribution in [0.15, 0.2) is 35.5 Å². The molecule has 1 aromatic carbocycles. The molecule has 0 bridgehead atoms. The highest BCUT2D eigenvalue weighted by atomic mass is 35.5. The second-order valence-electron chi connectivity index (χ2n) is 2.96. The lowest BCUT2D eigenvalue weighted by Crippen LogP contribution is -2.15. The molecule has 1 unspecified atom stereocenters. The number of nitrogens with zero attached hydrogens (tertiary/aromatic N) is 1. The van der Waals surface area contributed by atoms with Crippen LogP contribution < -0.4 is 0 Å². The van der Waals surface area contributed by atoms with Gasteiger partial charge in [-0.2, -0.15) is 0 Å². The number of halogens is 1. The highest BCUT2D eigenvalue weighted by Gasteiger charge is 2.19. The van der Waals surface area contributed by atoms with Crippen LogP contribution in [0.5, 0.6) is 0 Å². The minimum absolute atomic E-state index is 0.247. The van der Waals surface area contributed by atoms with Gasteiger partial charge in [-0.3, -0.25) is 4.79 Å². The Kier molecular flexibility index (Phi) is 5.36. The Balaban J connectivity index is 0.000000365. The lowest BCUT2D eigenvalue weighted by Gasteiger charge is -2.10. The topological polar surface area (TPSA) is 51.2 Å². The summed E-state index contributed by atoms with van der Waals surface area (Å²) in [6, 6.07) is 9.37. The van der Waals surface area contributed by atoms with Crippen molar-refractivity contribution >= 4 is 24.0 Å². The number of benzene rings is 1. The van der Waals surface area contributed by atoms with Crippen molar-refractivity contribution in [2.45, 2.75) is 5.92 Å². The lowest BCUT2D eigenvalue weighted by atomic mass is 10.0. The first-order valence-electron chi connectivity index (χ1n) is 4.66.